The predicted octanol–water partition coefficient (Wildman–Crippen LogP) is 8.15. The van der Waals surface area contributed by atoms with E-state index in [1.54, 1.807) is 0 Å². The van der Waals surface area contributed by atoms with Gasteiger partial charge >= 0.3 is 36.6 Å². The number of hydrogen-bond acceptors (Lipinski definition) is 6. The maximum Gasteiger partial charge on any atom is 0.455 e. The molecule has 0 saturated heterocycles. The van der Waals surface area contributed by atoms with E-state index in [0.29, 0.717) is 29.2 Å². The van der Waals surface area contributed by atoms with Crippen molar-refractivity contribution in [1.29, 1.82) is 0 Å². The van der Waals surface area contributed by atoms with Gasteiger partial charge in [0.2, 0.25) is 11.6 Å². The zero-order valence-electron chi connectivity index (χ0n) is 27.7. The van der Waals surface area contributed by atoms with Crippen molar-refractivity contribution in [3.63, 3.8) is 0 Å². The van der Waals surface area contributed by atoms with Gasteiger partial charge in [0.1, 0.15) is 18.2 Å². The Morgan fingerprint density at radius 2 is 0.983 bits per heavy atom. The second kappa shape index (κ2) is 15.6. The normalized spacial score (nSPS) is 13.0. The van der Waals surface area contributed by atoms with Crippen LogP contribution >= 0.6 is 11.6 Å². The van der Waals surface area contributed by atoms with E-state index in [1.165, 1.54) is 20.3 Å². The molecule has 6 rings (SSSR count). The highest BCUT2D eigenvalue weighted by Gasteiger charge is 2.58. The molecule has 0 saturated carbocycles. The standard InChI is InChI=1S/C14H8ClF8N5O.C14H9F8N5O.2CH4/c1-26-4-7(15)28-10(29)8(9(13(18,19)20)25-11(26)28)6-2-24-27(3-6)5-12(16,17)14(21,22)23;1-25-2-3-27-10(28)8(9(13(17,18)19)24-11(25)27)7-4-23-26(5-7)6-12(15,16)14(20,21)22;;/h2-4H,5H2,1H3;2-5H,6H2,1H3;2*1H4. The molecule has 326 valence electrons. The highest BCUT2D eigenvalue weighted by molar-refractivity contribution is 6.29. The molecule has 0 fully saturated rings. The first-order chi connectivity index (χ1) is 25.9. The maximum absolute atomic E-state index is 13.5. The van der Waals surface area contributed by atoms with Crippen LogP contribution in [0.15, 0.2) is 53.0 Å². The molecular weight excluding hydrogens is 872 g/mol. The number of fused-ring (bicyclic) bond motifs is 2. The second-order valence-corrected chi connectivity index (χ2v) is 12.2. The predicted molar refractivity (Wildman–Crippen MR) is 174 cm³/mol. The first-order valence-electron chi connectivity index (χ1n) is 14.8. The highest BCUT2D eigenvalue weighted by atomic mass is 35.5. The molecule has 0 atom stereocenters. The van der Waals surface area contributed by atoms with Crippen LogP contribution in [0, 0.1) is 0 Å². The van der Waals surface area contributed by atoms with Gasteiger partial charge < -0.3 is 9.13 Å². The molecule has 12 nitrogen and oxygen atoms in total. The van der Waals surface area contributed by atoms with Gasteiger partial charge in [-0.15, -0.1) is 0 Å². The van der Waals surface area contributed by atoms with Crippen molar-refractivity contribution < 1.29 is 70.2 Å². The summed E-state index contributed by atoms with van der Waals surface area (Å²) in [7, 11) is 2.63. The van der Waals surface area contributed by atoms with Crippen molar-refractivity contribution in [2.75, 3.05) is 0 Å². The van der Waals surface area contributed by atoms with E-state index in [0.717, 1.165) is 25.9 Å². The monoisotopic (exact) mass is 896 g/mol. The molecule has 0 aromatic carbocycles. The average Bonchev–Trinajstić information content (AvgIpc) is 3.83. The van der Waals surface area contributed by atoms with Gasteiger partial charge in [0.05, 0.1) is 23.5 Å². The number of alkyl halides is 16. The lowest BCUT2D eigenvalue weighted by Gasteiger charge is -2.19. The van der Waals surface area contributed by atoms with Gasteiger partial charge in [0.25, 0.3) is 11.1 Å². The van der Waals surface area contributed by atoms with Crippen LogP contribution in [0.5, 0.6) is 0 Å². The molecule has 6 aromatic rings. The van der Waals surface area contributed by atoms with Gasteiger partial charge in [-0.1, -0.05) is 26.5 Å². The van der Waals surface area contributed by atoms with Crippen LogP contribution in [0.2, 0.25) is 5.15 Å². The summed E-state index contributed by atoms with van der Waals surface area (Å²) in [4.78, 5) is 31.9. The molecule has 0 N–H and O–H groups in total. The third-order valence-corrected chi connectivity index (χ3v) is 7.94. The number of nitrogens with zero attached hydrogens (tertiary/aromatic N) is 10. The summed E-state index contributed by atoms with van der Waals surface area (Å²) in [5, 5.41) is 6.16. The van der Waals surface area contributed by atoms with Crippen LogP contribution < -0.4 is 11.1 Å². The molecule has 0 unspecified atom stereocenters. The molecule has 0 aliphatic heterocycles. The van der Waals surface area contributed by atoms with Crippen LogP contribution in [0.1, 0.15) is 26.2 Å². The Balaban J connectivity index is 0.000000305. The van der Waals surface area contributed by atoms with Crippen LogP contribution in [0.25, 0.3) is 33.8 Å². The molecule has 0 aliphatic rings. The van der Waals surface area contributed by atoms with Crippen molar-refractivity contribution in [3.8, 4) is 22.3 Å². The van der Waals surface area contributed by atoms with E-state index < -0.39 is 100 Å². The lowest BCUT2D eigenvalue weighted by molar-refractivity contribution is -0.287. The van der Waals surface area contributed by atoms with E-state index >= 15 is 0 Å². The Morgan fingerprint density at radius 1 is 0.576 bits per heavy atom. The summed E-state index contributed by atoms with van der Waals surface area (Å²) >= 11 is 5.83. The Kier molecular flexibility index (Phi) is 12.6. The highest BCUT2D eigenvalue weighted by Crippen LogP contribution is 2.39. The molecule has 59 heavy (non-hydrogen) atoms. The quantitative estimate of drug-likeness (QED) is 0.156. The van der Waals surface area contributed by atoms with E-state index in [9.17, 15) is 79.8 Å². The molecule has 0 radical (unpaired) electrons. The summed E-state index contributed by atoms with van der Waals surface area (Å²) in [5.74, 6) is -11.1. The topological polar surface area (TPSA) is 114 Å². The average molecular weight is 897 g/mol. The van der Waals surface area contributed by atoms with Crippen LogP contribution in [0.4, 0.5) is 70.2 Å². The van der Waals surface area contributed by atoms with Gasteiger partial charge in [0, 0.05) is 56.2 Å². The minimum Gasteiger partial charge on any atom is -0.320 e. The second-order valence-electron chi connectivity index (χ2n) is 11.8. The number of imidazole rings is 2. The molecule has 29 heteroatoms. The SMILES string of the molecule is C.C.Cn1cc(Cl)n2c(=O)c(-c3cnn(CC(F)(F)C(F)(F)F)c3)c(C(F)(F)F)nc12.Cn1ccn2c(=O)c(-c3cnn(CC(F)(F)C(F)(F)F)c3)c(C(F)(F)F)nc12. The number of aryl methyl sites for hydroxylation is 2. The fraction of sp³-hybridized carbons (Fsp3) is 0.400. The van der Waals surface area contributed by atoms with Crippen LogP contribution in [0.3, 0.4) is 0 Å². The zero-order chi connectivity index (χ0) is 43.0. The van der Waals surface area contributed by atoms with Crippen molar-refractivity contribution in [2.24, 2.45) is 14.1 Å². The molecular formula is C30H25ClF16N10O2. The van der Waals surface area contributed by atoms with Gasteiger partial charge in [-0.3, -0.25) is 23.4 Å². The summed E-state index contributed by atoms with van der Waals surface area (Å²) < 4.78 is 211. The van der Waals surface area contributed by atoms with Gasteiger partial charge in [-0.05, 0) is 0 Å². The Morgan fingerprint density at radius 3 is 1.39 bits per heavy atom. The number of hydrogen-bond donors (Lipinski definition) is 0. The number of aromatic nitrogens is 10. The summed E-state index contributed by atoms with van der Waals surface area (Å²) in [5.41, 5.74) is -9.11. The number of halogens is 17. The van der Waals surface area contributed by atoms with Gasteiger partial charge in [-0.2, -0.15) is 80.4 Å². The molecule has 0 amide bonds. The summed E-state index contributed by atoms with van der Waals surface area (Å²) in [6.45, 7) is -3.94. The van der Waals surface area contributed by atoms with Crippen LogP contribution in [-0.4, -0.2) is 71.7 Å². The lowest BCUT2D eigenvalue weighted by atomic mass is 10.1. The largest absolute Gasteiger partial charge is 0.455 e. The Bertz CT molecular complexity index is 2590. The van der Waals surface area contributed by atoms with Crippen molar-refractivity contribution in [1.82, 2.24) is 47.5 Å². The third-order valence-electron chi connectivity index (χ3n) is 7.68. The minimum atomic E-state index is -5.90. The van der Waals surface area contributed by atoms with Crippen LogP contribution in [-0.2, 0) is 39.5 Å². The fourth-order valence-corrected chi connectivity index (χ4v) is 5.33. The Hall–Kier alpha value is -5.57. The van der Waals surface area contributed by atoms with E-state index in [2.05, 4.69) is 20.2 Å². The first-order valence-corrected chi connectivity index (χ1v) is 15.2. The minimum absolute atomic E-state index is 0. The molecule has 0 bridgehead atoms. The van der Waals surface area contributed by atoms with Gasteiger partial charge in [0.15, 0.2) is 11.4 Å². The van der Waals surface area contributed by atoms with Crippen molar-refractivity contribution >= 4 is 23.2 Å². The van der Waals surface area contributed by atoms with Crippen molar-refractivity contribution in [2.45, 2.75) is 64.5 Å². The molecule has 6 aromatic heterocycles. The molecule has 6 heterocycles. The smallest absolute Gasteiger partial charge is 0.320 e. The summed E-state index contributed by atoms with van der Waals surface area (Å²) in [6, 6.07) is 0. The zero-order valence-corrected chi connectivity index (χ0v) is 28.4. The first kappa shape index (κ1) is 47.8. The number of rotatable bonds is 6. The summed E-state index contributed by atoms with van der Waals surface area (Å²) in [6.07, 6.45) is -16.4. The lowest BCUT2D eigenvalue weighted by Crippen LogP contribution is -2.40. The van der Waals surface area contributed by atoms with Crippen molar-refractivity contribution in [3.05, 3.63) is 80.6 Å². The Labute approximate surface area is 322 Å². The van der Waals surface area contributed by atoms with E-state index in [1.807, 2.05) is 0 Å². The maximum atomic E-state index is 13.5. The van der Waals surface area contributed by atoms with E-state index in [4.69, 9.17) is 11.6 Å². The molecule has 0 aliphatic carbocycles. The van der Waals surface area contributed by atoms with Gasteiger partial charge in [-0.25, -0.2) is 14.4 Å². The van der Waals surface area contributed by atoms with E-state index in [-0.39, 0.29) is 35.1 Å². The molecule has 0 spiro atoms. The third kappa shape index (κ3) is 9.04. The fourth-order valence-electron chi connectivity index (χ4n) is 5.03.